The number of fused-ring (bicyclic) bond motifs is 1. The van der Waals surface area contributed by atoms with Gasteiger partial charge in [-0.2, -0.15) is 0 Å². The molecule has 324 valence electrons. The van der Waals surface area contributed by atoms with Crippen LogP contribution in [0.25, 0.3) is 16.6 Å². The number of amides is 1. The minimum absolute atomic E-state index is 0.0101. The Hall–Kier alpha value is -5.48. The van der Waals surface area contributed by atoms with Crippen LogP contribution in [0.2, 0.25) is 5.02 Å². The lowest BCUT2D eigenvalue weighted by molar-refractivity contribution is -0.384. The number of aromatic amines is 1. The number of ether oxygens (including phenoxy) is 1. The number of benzene rings is 3. The molecule has 0 unspecified atom stereocenters. The van der Waals surface area contributed by atoms with Crippen LogP contribution in [0.15, 0.2) is 95.7 Å². The maximum absolute atomic E-state index is 14.0. The number of nitrogens with one attached hydrogen (secondary N) is 3. The van der Waals surface area contributed by atoms with E-state index in [1.165, 1.54) is 47.9 Å². The fourth-order valence-corrected chi connectivity index (χ4v) is 10.2. The van der Waals surface area contributed by atoms with Crippen molar-refractivity contribution in [2.24, 2.45) is 5.41 Å². The summed E-state index contributed by atoms with van der Waals surface area (Å²) < 4.78 is 35.9. The Morgan fingerprint density at radius 3 is 2.55 bits per heavy atom. The lowest BCUT2D eigenvalue weighted by Gasteiger charge is -2.39. The van der Waals surface area contributed by atoms with Crippen molar-refractivity contribution in [3.8, 4) is 11.5 Å². The number of piperazine rings is 1. The highest BCUT2D eigenvalue weighted by atomic mass is 35.5. The minimum Gasteiger partial charge on any atom is -0.455 e. The first-order valence-corrected chi connectivity index (χ1v) is 23.2. The van der Waals surface area contributed by atoms with Gasteiger partial charge in [-0.15, -0.1) is 0 Å². The summed E-state index contributed by atoms with van der Waals surface area (Å²) in [5, 5.41) is 17.0. The molecule has 2 aliphatic heterocycles. The van der Waals surface area contributed by atoms with Crippen LogP contribution in [0.5, 0.6) is 11.5 Å². The molecule has 2 saturated heterocycles. The summed E-state index contributed by atoms with van der Waals surface area (Å²) >= 11 is 6.24. The van der Waals surface area contributed by atoms with Crippen LogP contribution in [0.1, 0.15) is 68.3 Å². The van der Waals surface area contributed by atoms with E-state index in [2.05, 4.69) is 60.7 Å². The Kier molecular flexibility index (Phi) is 11.5. The van der Waals surface area contributed by atoms with Crippen molar-refractivity contribution in [1.82, 2.24) is 24.5 Å². The SMILES string of the molecule is CC1(C)CCC(CN2CCN(c3ccc(C(=O)NS(=O)(=O)c4ccc(N[C@H]5CCN(C6CC6)C5)c([N+](=O)[O-])c4)c(Oc4cnc5[nH]ccc5c4)c3)CC2)=C(c2ccc(Cl)cc2)C1. The molecule has 5 aromatic rings. The van der Waals surface area contributed by atoms with E-state index in [-0.39, 0.29) is 34.1 Å². The van der Waals surface area contributed by atoms with Crippen LogP contribution >= 0.6 is 11.6 Å². The molecule has 14 nitrogen and oxygen atoms in total. The molecule has 1 saturated carbocycles. The smallest absolute Gasteiger partial charge is 0.293 e. The summed E-state index contributed by atoms with van der Waals surface area (Å²) in [6, 6.07) is 21.2. The number of carbonyl (C=O) groups excluding carboxylic acids is 1. The number of likely N-dealkylation sites (tertiary alicyclic amines) is 1. The van der Waals surface area contributed by atoms with Gasteiger partial charge in [0.2, 0.25) is 0 Å². The summed E-state index contributed by atoms with van der Waals surface area (Å²) in [5.74, 6) is -0.444. The third kappa shape index (κ3) is 9.31. The molecule has 4 aliphatic rings. The molecule has 0 spiro atoms. The number of hydrogen-bond acceptors (Lipinski definition) is 11. The van der Waals surface area contributed by atoms with Crippen LogP contribution in [0.4, 0.5) is 17.1 Å². The molecule has 1 amide bonds. The van der Waals surface area contributed by atoms with E-state index in [4.69, 9.17) is 16.3 Å². The number of pyridine rings is 1. The average Bonchev–Trinajstić information content (AvgIpc) is 3.81. The highest BCUT2D eigenvalue weighted by molar-refractivity contribution is 7.90. The topological polar surface area (TPSA) is 166 Å². The molecule has 4 heterocycles. The van der Waals surface area contributed by atoms with Crippen molar-refractivity contribution in [3.63, 3.8) is 0 Å². The Morgan fingerprint density at radius 1 is 1.00 bits per heavy atom. The lowest BCUT2D eigenvalue weighted by Crippen LogP contribution is -2.47. The lowest BCUT2D eigenvalue weighted by atomic mass is 9.72. The van der Waals surface area contributed by atoms with Gasteiger partial charge in [-0.1, -0.05) is 43.2 Å². The number of allylic oxidation sites excluding steroid dienone is 1. The van der Waals surface area contributed by atoms with Gasteiger partial charge in [0, 0.05) is 92.3 Å². The quantitative estimate of drug-likeness (QED) is 0.0767. The van der Waals surface area contributed by atoms with Crippen LogP contribution in [0, 0.1) is 15.5 Å². The van der Waals surface area contributed by atoms with E-state index in [0.29, 0.717) is 17.4 Å². The molecule has 0 radical (unpaired) electrons. The molecule has 9 rings (SSSR count). The number of carbonyl (C=O) groups is 1. The summed E-state index contributed by atoms with van der Waals surface area (Å²) in [5.41, 5.74) is 5.66. The monoisotopic (exact) mass is 878 g/mol. The fourth-order valence-electron chi connectivity index (χ4n) is 9.06. The van der Waals surface area contributed by atoms with Crippen molar-refractivity contribution in [2.75, 3.05) is 56.0 Å². The molecule has 2 aromatic heterocycles. The number of anilines is 2. The molecule has 62 heavy (non-hydrogen) atoms. The maximum Gasteiger partial charge on any atom is 0.293 e. The van der Waals surface area contributed by atoms with Gasteiger partial charge in [0.1, 0.15) is 22.8 Å². The van der Waals surface area contributed by atoms with Crippen LogP contribution < -0.4 is 19.7 Å². The van der Waals surface area contributed by atoms with E-state index in [9.17, 15) is 23.3 Å². The number of hydrogen-bond donors (Lipinski definition) is 3. The van der Waals surface area contributed by atoms with Gasteiger partial charge in [-0.25, -0.2) is 18.1 Å². The normalized spacial score (nSPS) is 19.8. The standard InChI is InChI=1S/C46H51ClN8O6S/c1-46(2)16-13-32(40(26-46)30-3-5-33(47)6-4-30)28-52-19-21-53(22-20-52)36-9-11-39(43(24-36)61-37-23-31-14-17-48-44(31)49-27-37)45(56)51-62(59,60)38-10-12-41(42(25-38)55(57)58)50-34-15-18-54(29-34)35-7-8-35/h3-6,9-12,14,17,23-25,27,34-35,50H,7-8,13,15-16,18-22,26,28-29H2,1-2H3,(H,48,49)(H,51,56)/t34-/m0/s1. The molecule has 2 aliphatic carbocycles. The zero-order chi connectivity index (χ0) is 43.2. The number of nitro benzene ring substituents is 1. The molecule has 0 bridgehead atoms. The number of nitrogens with zero attached hydrogens (tertiary/aromatic N) is 5. The largest absolute Gasteiger partial charge is 0.455 e. The number of aromatic nitrogens is 2. The minimum atomic E-state index is -4.55. The zero-order valence-electron chi connectivity index (χ0n) is 34.9. The highest BCUT2D eigenvalue weighted by Gasteiger charge is 2.35. The first-order chi connectivity index (χ1) is 29.8. The van der Waals surface area contributed by atoms with Gasteiger partial charge in [0.25, 0.3) is 21.6 Å². The van der Waals surface area contributed by atoms with Crippen LogP contribution in [0.3, 0.4) is 0 Å². The molecule has 3 fully saturated rings. The van der Waals surface area contributed by atoms with Crippen molar-refractivity contribution in [3.05, 3.63) is 117 Å². The van der Waals surface area contributed by atoms with E-state index in [1.807, 2.05) is 18.2 Å². The number of halogens is 1. The second-order valence-corrected chi connectivity index (χ2v) is 19.9. The zero-order valence-corrected chi connectivity index (χ0v) is 36.5. The van der Waals surface area contributed by atoms with Crippen molar-refractivity contribution in [1.29, 1.82) is 0 Å². The van der Waals surface area contributed by atoms with Gasteiger partial charge >= 0.3 is 0 Å². The number of rotatable bonds is 13. The highest BCUT2D eigenvalue weighted by Crippen LogP contribution is 2.44. The van der Waals surface area contributed by atoms with Gasteiger partial charge in [0.05, 0.1) is 21.6 Å². The van der Waals surface area contributed by atoms with Crippen molar-refractivity contribution < 1.29 is 22.9 Å². The molecular weight excluding hydrogens is 828 g/mol. The third-order valence-electron chi connectivity index (χ3n) is 12.7. The summed E-state index contributed by atoms with van der Waals surface area (Å²) in [7, 11) is -4.55. The Balaban J connectivity index is 0.927. The molecule has 3 aromatic carbocycles. The fraction of sp³-hybridized carbons (Fsp3) is 0.391. The van der Waals surface area contributed by atoms with E-state index < -0.39 is 25.7 Å². The summed E-state index contributed by atoms with van der Waals surface area (Å²) in [6.07, 6.45) is 9.68. The average molecular weight is 879 g/mol. The Bertz CT molecular complexity index is 2660. The van der Waals surface area contributed by atoms with Crippen LogP contribution in [-0.2, 0) is 10.0 Å². The van der Waals surface area contributed by atoms with E-state index >= 15 is 0 Å². The Morgan fingerprint density at radius 2 is 1.79 bits per heavy atom. The van der Waals surface area contributed by atoms with Gasteiger partial charge in [0.15, 0.2) is 0 Å². The second kappa shape index (κ2) is 17.0. The first-order valence-electron chi connectivity index (χ1n) is 21.3. The maximum atomic E-state index is 14.0. The van der Waals surface area contributed by atoms with Gasteiger partial charge in [-0.3, -0.25) is 24.7 Å². The summed E-state index contributed by atoms with van der Waals surface area (Å²) in [4.78, 5) is 39.7. The van der Waals surface area contributed by atoms with E-state index in [1.54, 1.807) is 30.5 Å². The van der Waals surface area contributed by atoms with Gasteiger partial charge < -0.3 is 19.9 Å². The number of nitro groups is 1. The number of sulfonamides is 1. The Labute approximate surface area is 366 Å². The van der Waals surface area contributed by atoms with Crippen molar-refractivity contribution >= 4 is 61.2 Å². The molecule has 16 heteroatoms. The second-order valence-electron chi connectivity index (χ2n) is 17.8. The predicted octanol–water partition coefficient (Wildman–Crippen LogP) is 8.47. The van der Waals surface area contributed by atoms with Crippen molar-refractivity contribution in [2.45, 2.75) is 69.4 Å². The van der Waals surface area contributed by atoms with E-state index in [0.717, 1.165) is 93.7 Å². The molecular formula is C46H51ClN8O6S. The predicted molar refractivity (Wildman–Crippen MR) is 242 cm³/mol. The van der Waals surface area contributed by atoms with Crippen LogP contribution in [-0.4, -0.2) is 96.9 Å². The van der Waals surface area contributed by atoms with Gasteiger partial charge in [-0.05, 0) is 104 Å². The third-order valence-corrected chi connectivity index (χ3v) is 14.3. The first kappa shape index (κ1) is 41.9. The molecule has 3 N–H and O–H groups in total. The molecule has 1 atom stereocenters. The number of H-pyrrole nitrogens is 1. The summed E-state index contributed by atoms with van der Waals surface area (Å²) in [6.45, 7) is 10.4.